The molecule has 1 aromatic heterocycles. The molecule has 7 nitrogen and oxygen atoms in total. The van der Waals surface area contributed by atoms with Crippen molar-refractivity contribution < 1.29 is 4.79 Å². The van der Waals surface area contributed by atoms with E-state index in [0.717, 1.165) is 5.56 Å². The number of nitrogens with two attached hydrogens (primary N) is 2. The molecule has 0 unspecified atom stereocenters. The van der Waals surface area contributed by atoms with E-state index < -0.39 is 5.91 Å². The van der Waals surface area contributed by atoms with E-state index >= 15 is 0 Å². The van der Waals surface area contributed by atoms with Crippen molar-refractivity contribution in [3.63, 3.8) is 0 Å². The van der Waals surface area contributed by atoms with Crippen molar-refractivity contribution in [2.45, 2.75) is 6.54 Å². The van der Waals surface area contributed by atoms with Gasteiger partial charge in [-0.1, -0.05) is 12.1 Å². The minimum Gasteiger partial charge on any atom is -0.399 e. The van der Waals surface area contributed by atoms with E-state index in [1.165, 1.54) is 12.3 Å². The number of amides is 1. The molecule has 2 rings (SSSR count). The lowest BCUT2D eigenvalue weighted by atomic mass is 10.2. The second-order valence-electron chi connectivity index (χ2n) is 4.42. The minimum absolute atomic E-state index is 0.0519. The van der Waals surface area contributed by atoms with Crippen molar-refractivity contribution in [1.29, 1.82) is 5.26 Å². The summed E-state index contributed by atoms with van der Waals surface area (Å²) in [6, 6.07) is 10.7. The Morgan fingerprint density at radius 2 is 2.19 bits per heavy atom. The summed E-state index contributed by atoms with van der Waals surface area (Å²) in [6.45, 7) is 0.312. The van der Waals surface area contributed by atoms with Gasteiger partial charge < -0.3 is 16.4 Å². The van der Waals surface area contributed by atoms with Gasteiger partial charge in [-0.25, -0.2) is 9.97 Å². The van der Waals surface area contributed by atoms with Gasteiger partial charge in [-0.3, -0.25) is 4.79 Å². The number of nitrogens with zero attached hydrogens (tertiary/aromatic N) is 4. The maximum atomic E-state index is 11.2. The van der Waals surface area contributed by atoms with Crippen LogP contribution in [0.1, 0.15) is 11.3 Å². The number of carbonyl (C=O) groups excluding carboxylic acids is 1. The van der Waals surface area contributed by atoms with E-state index in [0.29, 0.717) is 12.2 Å². The maximum absolute atomic E-state index is 11.2. The van der Waals surface area contributed by atoms with E-state index in [9.17, 15) is 4.79 Å². The standard InChI is InChI=1S/C14H14N6O/c15-7-12-4-5-18-14(19-12)20(9-13(17)21)8-10-2-1-3-11(16)6-10/h1-6H,8-9,16H2,(H2,17,21). The van der Waals surface area contributed by atoms with Gasteiger partial charge in [0, 0.05) is 18.4 Å². The van der Waals surface area contributed by atoms with Gasteiger partial charge in [-0.15, -0.1) is 0 Å². The highest BCUT2D eigenvalue weighted by Gasteiger charge is 2.13. The lowest BCUT2D eigenvalue weighted by molar-refractivity contribution is -0.116. The fourth-order valence-corrected chi connectivity index (χ4v) is 1.86. The highest BCUT2D eigenvalue weighted by molar-refractivity contribution is 5.78. The van der Waals surface area contributed by atoms with Crippen molar-refractivity contribution in [3.8, 4) is 6.07 Å². The first-order valence-electron chi connectivity index (χ1n) is 6.19. The molecule has 0 spiro atoms. The Morgan fingerprint density at radius 3 is 2.86 bits per heavy atom. The minimum atomic E-state index is -0.509. The molecule has 0 radical (unpaired) electrons. The molecule has 2 aromatic rings. The number of anilines is 2. The third-order valence-electron chi connectivity index (χ3n) is 2.71. The molecule has 0 atom stereocenters. The fourth-order valence-electron chi connectivity index (χ4n) is 1.86. The molecule has 1 heterocycles. The number of nitriles is 1. The lowest BCUT2D eigenvalue weighted by Gasteiger charge is -2.21. The Morgan fingerprint density at radius 1 is 1.38 bits per heavy atom. The normalized spacial score (nSPS) is 9.86. The van der Waals surface area contributed by atoms with Gasteiger partial charge in [-0.2, -0.15) is 5.26 Å². The van der Waals surface area contributed by atoms with Crippen LogP contribution in [0.4, 0.5) is 11.6 Å². The number of rotatable bonds is 5. The number of hydrogen-bond donors (Lipinski definition) is 2. The summed E-state index contributed by atoms with van der Waals surface area (Å²) in [7, 11) is 0. The predicted octanol–water partition coefficient (Wildman–Crippen LogP) is 0.422. The van der Waals surface area contributed by atoms with Gasteiger partial charge in [0.1, 0.15) is 11.8 Å². The SMILES string of the molecule is N#Cc1ccnc(N(CC(N)=O)Cc2cccc(N)c2)n1. The highest BCUT2D eigenvalue weighted by Crippen LogP contribution is 2.14. The van der Waals surface area contributed by atoms with Crippen LogP contribution in [0.3, 0.4) is 0 Å². The topological polar surface area (TPSA) is 122 Å². The molecule has 0 aliphatic rings. The van der Waals surface area contributed by atoms with Crippen molar-refractivity contribution in [3.05, 3.63) is 47.8 Å². The second-order valence-corrected chi connectivity index (χ2v) is 4.42. The molecular weight excluding hydrogens is 268 g/mol. The zero-order chi connectivity index (χ0) is 15.2. The van der Waals surface area contributed by atoms with Crippen LogP contribution in [-0.2, 0) is 11.3 Å². The number of hydrogen-bond acceptors (Lipinski definition) is 6. The first kappa shape index (κ1) is 14.3. The van der Waals surface area contributed by atoms with Gasteiger partial charge in [-0.05, 0) is 23.8 Å². The van der Waals surface area contributed by atoms with E-state index in [4.69, 9.17) is 16.7 Å². The zero-order valence-electron chi connectivity index (χ0n) is 11.2. The van der Waals surface area contributed by atoms with E-state index in [2.05, 4.69) is 9.97 Å². The summed E-state index contributed by atoms with van der Waals surface area (Å²) in [5.74, 6) is -0.236. The summed E-state index contributed by atoms with van der Waals surface area (Å²) in [4.78, 5) is 21.0. The van der Waals surface area contributed by atoms with Crippen LogP contribution in [0.15, 0.2) is 36.5 Å². The number of primary amides is 1. The molecule has 1 aromatic carbocycles. The quantitative estimate of drug-likeness (QED) is 0.766. The van der Waals surface area contributed by atoms with Gasteiger partial charge >= 0.3 is 0 Å². The van der Waals surface area contributed by atoms with Crippen molar-refractivity contribution in [1.82, 2.24) is 9.97 Å². The summed E-state index contributed by atoms with van der Waals surface area (Å²) < 4.78 is 0. The van der Waals surface area contributed by atoms with Crippen LogP contribution in [0.25, 0.3) is 0 Å². The van der Waals surface area contributed by atoms with E-state index in [1.807, 2.05) is 18.2 Å². The maximum Gasteiger partial charge on any atom is 0.237 e. The molecule has 4 N–H and O–H groups in total. The largest absolute Gasteiger partial charge is 0.399 e. The lowest BCUT2D eigenvalue weighted by Crippen LogP contribution is -2.34. The van der Waals surface area contributed by atoms with Crippen LogP contribution in [0.5, 0.6) is 0 Å². The first-order chi connectivity index (χ1) is 10.1. The Hall–Kier alpha value is -3.14. The number of nitrogen functional groups attached to an aromatic ring is 1. The molecule has 7 heteroatoms. The van der Waals surface area contributed by atoms with E-state index in [1.54, 1.807) is 17.0 Å². The van der Waals surface area contributed by atoms with Crippen molar-refractivity contribution in [2.75, 3.05) is 17.2 Å². The van der Waals surface area contributed by atoms with Crippen LogP contribution >= 0.6 is 0 Å². The molecule has 0 aliphatic carbocycles. The van der Waals surface area contributed by atoms with Crippen LogP contribution < -0.4 is 16.4 Å². The van der Waals surface area contributed by atoms with Gasteiger partial charge in [0.2, 0.25) is 11.9 Å². The van der Waals surface area contributed by atoms with Crippen LogP contribution in [0.2, 0.25) is 0 Å². The smallest absolute Gasteiger partial charge is 0.237 e. The summed E-state index contributed by atoms with van der Waals surface area (Å²) in [5.41, 5.74) is 12.7. The monoisotopic (exact) mass is 282 g/mol. The molecule has 0 saturated heterocycles. The van der Waals surface area contributed by atoms with Crippen molar-refractivity contribution >= 4 is 17.5 Å². The summed E-state index contributed by atoms with van der Waals surface area (Å²) in [6.07, 6.45) is 1.47. The van der Waals surface area contributed by atoms with Crippen LogP contribution in [-0.4, -0.2) is 22.4 Å². The number of aromatic nitrogens is 2. The fraction of sp³-hybridized carbons (Fsp3) is 0.143. The molecule has 0 bridgehead atoms. The highest BCUT2D eigenvalue weighted by atomic mass is 16.1. The third kappa shape index (κ3) is 3.91. The molecule has 106 valence electrons. The molecule has 0 fully saturated rings. The Labute approximate surface area is 121 Å². The average Bonchev–Trinajstić information content (AvgIpc) is 2.46. The van der Waals surface area contributed by atoms with Gasteiger partial charge in [0.05, 0.1) is 6.54 Å². The number of benzene rings is 1. The Balaban J connectivity index is 2.29. The van der Waals surface area contributed by atoms with Gasteiger partial charge in [0.15, 0.2) is 0 Å². The molecule has 0 aliphatic heterocycles. The molecule has 21 heavy (non-hydrogen) atoms. The average molecular weight is 282 g/mol. The zero-order valence-corrected chi connectivity index (χ0v) is 11.2. The number of carbonyl (C=O) groups is 1. The predicted molar refractivity (Wildman–Crippen MR) is 77.8 cm³/mol. The van der Waals surface area contributed by atoms with Crippen LogP contribution in [0, 0.1) is 11.3 Å². The Kier molecular flexibility index (Phi) is 4.31. The third-order valence-corrected chi connectivity index (χ3v) is 2.71. The molecule has 0 saturated carbocycles. The first-order valence-corrected chi connectivity index (χ1v) is 6.19. The Bertz CT molecular complexity index is 694. The summed E-state index contributed by atoms with van der Waals surface area (Å²) in [5, 5.41) is 8.88. The van der Waals surface area contributed by atoms with E-state index in [-0.39, 0.29) is 18.2 Å². The molecular formula is C14H14N6O. The summed E-state index contributed by atoms with van der Waals surface area (Å²) >= 11 is 0. The van der Waals surface area contributed by atoms with Gasteiger partial charge in [0.25, 0.3) is 0 Å². The van der Waals surface area contributed by atoms with Crippen molar-refractivity contribution in [2.24, 2.45) is 5.73 Å². The molecule has 1 amide bonds. The second kappa shape index (κ2) is 6.34.